The van der Waals surface area contributed by atoms with E-state index >= 15 is 0 Å². The summed E-state index contributed by atoms with van der Waals surface area (Å²) in [5, 5.41) is 6.09. The highest BCUT2D eigenvalue weighted by Crippen LogP contribution is 2.24. The molecule has 6 nitrogen and oxygen atoms in total. The number of para-hydroxylation sites is 2. The second-order valence-electron chi connectivity index (χ2n) is 8.32. The van der Waals surface area contributed by atoms with Gasteiger partial charge in [0.25, 0.3) is 0 Å². The van der Waals surface area contributed by atoms with Crippen molar-refractivity contribution in [2.45, 2.75) is 25.7 Å². The number of amides is 2. The molecule has 0 aliphatic rings. The average molecular weight is 460 g/mol. The van der Waals surface area contributed by atoms with E-state index in [4.69, 9.17) is 4.74 Å². The van der Waals surface area contributed by atoms with Crippen molar-refractivity contribution >= 4 is 23.2 Å². The minimum absolute atomic E-state index is 0.0960. The van der Waals surface area contributed by atoms with E-state index in [0.717, 1.165) is 24.1 Å². The molecule has 0 bridgehead atoms. The van der Waals surface area contributed by atoms with Gasteiger partial charge in [-0.3, -0.25) is 9.59 Å². The number of anilines is 2. The van der Waals surface area contributed by atoms with Crippen LogP contribution in [0.3, 0.4) is 0 Å². The Labute approximate surface area is 201 Å². The predicted molar refractivity (Wildman–Crippen MR) is 137 cm³/mol. The highest BCUT2D eigenvalue weighted by atomic mass is 16.5. The second-order valence-corrected chi connectivity index (χ2v) is 8.32. The lowest BCUT2D eigenvalue weighted by atomic mass is 10.1. The van der Waals surface area contributed by atoms with E-state index in [-0.39, 0.29) is 18.4 Å². The lowest BCUT2D eigenvalue weighted by molar-refractivity contribution is -0.128. The molecule has 0 aliphatic heterocycles. The summed E-state index contributed by atoms with van der Waals surface area (Å²) in [6, 6.07) is 25.6. The van der Waals surface area contributed by atoms with Crippen LogP contribution in [0.2, 0.25) is 0 Å². The van der Waals surface area contributed by atoms with Crippen molar-refractivity contribution in [2.75, 3.05) is 37.9 Å². The SMILES string of the molecule is CN(C)C(=O)CCc1cccc(NCC(=O)Nc2ccccc2OCCCc2ccccc2)c1. The van der Waals surface area contributed by atoms with E-state index in [9.17, 15) is 9.59 Å². The standard InChI is InChI=1S/C28H33N3O3/c1-31(2)28(33)18-17-23-12-8-14-24(20-23)29-21-27(32)30-25-15-6-7-16-26(25)34-19-9-13-22-10-4-3-5-11-22/h3-8,10-12,14-16,20,29H,9,13,17-19,21H2,1-2H3,(H,30,32). The van der Waals surface area contributed by atoms with E-state index < -0.39 is 0 Å². The Balaban J connectivity index is 1.46. The average Bonchev–Trinajstić information content (AvgIpc) is 2.85. The molecule has 3 aromatic carbocycles. The Morgan fingerprint density at radius 3 is 2.38 bits per heavy atom. The second kappa shape index (κ2) is 13.0. The van der Waals surface area contributed by atoms with Crippen molar-refractivity contribution in [3.8, 4) is 5.75 Å². The molecular weight excluding hydrogens is 426 g/mol. The first-order valence-electron chi connectivity index (χ1n) is 11.6. The molecule has 0 saturated heterocycles. The minimum Gasteiger partial charge on any atom is -0.491 e. The van der Waals surface area contributed by atoms with Gasteiger partial charge in [-0.15, -0.1) is 0 Å². The summed E-state index contributed by atoms with van der Waals surface area (Å²) in [4.78, 5) is 26.0. The Hall–Kier alpha value is -3.80. The minimum atomic E-state index is -0.159. The summed E-state index contributed by atoms with van der Waals surface area (Å²) >= 11 is 0. The predicted octanol–water partition coefficient (Wildman–Crippen LogP) is 4.77. The molecule has 0 atom stereocenters. The Bertz CT molecular complexity index is 1070. The molecular formula is C28H33N3O3. The lowest BCUT2D eigenvalue weighted by Crippen LogP contribution is -2.22. The van der Waals surface area contributed by atoms with Gasteiger partial charge < -0.3 is 20.3 Å². The topological polar surface area (TPSA) is 70.7 Å². The fraction of sp³-hybridized carbons (Fsp3) is 0.286. The molecule has 34 heavy (non-hydrogen) atoms. The molecule has 6 heteroatoms. The zero-order chi connectivity index (χ0) is 24.2. The number of ether oxygens (including phenoxy) is 1. The third-order valence-corrected chi connectivity index (χ3v) is 5.38. The van der Waals surface area contributed by atoms with Gasteiger partial charge in [-0.1, -0.05) is 54.6 Å². The van der Waals surface area contributed by atoms with E-state index in [1.807, 2.05) is 66.7 Å². The fourth-order valence-electron chi connectivity index (χ4n) is 3.49. The van der Waals surface area contributed by atoms with E-state index in [2.05, 4.69) is 22.8 Å². The maximum absolute atomic E-state index is 12.5. The van der Waals surface area contributed by atoms with Gasteiger partial charge in [0, 0.05) is 26.2 Å². The molecule has 178 valence electrons. The molecule has 3 rings (SSSR count). The normalized spacial score (nSPS) is 10.4. The van der Waals surface area contributed by atoms with E-state index in [1.54, 1.807) is 19.0 Å². The smallest absolute Gasteiger partial charge is 0.243 e. The third kappa shape index (κ3) is 8.28. The Morgan fingerprint density at radius 2 is 1.59 bits per heavy atom. The first-order chi connectivity index (χ1) is 16.5. The number of carbonyl (C=O) groups is 2. The lowest BCUT2D eigenvalue weighted by Gasteiger charge is -2.14. The van der Waals surface area contributed by atoms with Crippen LogP contribution < -0.4 is 15.4 Å². The maximum atomic E-state index is 12.5. The Morgan fingerprint density at radius 1 is 0.853 bits per heavy atom. The molecule has 0 radical (unpaired) electrons. The van der Waals surface area contributed by atoms with Gasteiger partial charge in [0.05, 0.1) is 18.8 Å². The first-order valence-corrected chi connectivity index (χ1v) is 11.6. The van der Waals surface area contributed by atoms with Gasteiger partial charge in [0.1, 0.15) is 5.75 Å². The monoisotopic (exact) mass is 459 g/mol. The summed E-state index contributed by atoms with van der Waals surface area (Å²) in [7, 11) is 3.51. The van der Waals surface area contributed by atoms with Crippen molar-refractivity contribution in [3.63, 3.8) is 0 Å². The largest absolute Gasteiger partial charge is 0.491 e. The molecule has 2 N–H and O–H groups in total. The van der Waals surface area contributed by atoms with Crippen LogP contribution in [0.15, 0.2) is 78.9 Å². The van der Waals surface area contributed by atoms with Gasteiger partial charge in [-0.05, 0) is 54.7 Å². The number of carbonyl (C=O) groups excluding carboxylic acids is 2. The van der Waals surface area contributed by atoms with Gasteiger partial charge in [0.2, 0.25) is 11.8 Å². The highest BCUT2D eigenvalue weighted by Gasteiger charge is 2.09. The van der Waals surface area contributed by atoms with Crippen LogP contribution >= 0.6 is 0 Å². The van der Waals surface area contributed by atoms with Gasteiger partial charge in [0.15, 0.2) is 0 Å². The molecule has 0 aromatic heterocycles. The van der Waals surface area contributed by atoms with E-state index in [1.165, 1.54) is 5.56 Å². The number of nitrogens with zero attached hydrogens (tertiary/aromatic N) is 1. The molecule has 0 spiro atoms. The van der Waals surface area contributed by atoms with Crippen molar-refractivity contribution < 1.29 is 14.3 Å². The van der Waals surface area contributed by atoms with Gasteiger partial charge in [-0.2, -0.15) is 0 Å². The van der Waals surface area contributed by atoms with Crippen LogP contribution in [0.4, 0.5) is 11.4 Å². The number of benzene rings is 3. The van der Waals surface area contributed by atoms with Crippen LogP contribution in [0, 0.1) is 0 Å². The van der Waals surface area contributed by atoms with Crippen molar-refractivity contribution in [2.24, 2.45) is 0 Å². The van der Waals surface area contributed by atoms with Crippen LogP contribution in [-0.4, -0.2) is 44.0 Å². The van der Waals surface area contributed by atoms with Gasteiger partial charge in [-0.25, -0.2) is 0 Å². The molecule has 0 saturated carbocycles. The highest BCUT2D eigenvalue weighted by molar-refractivity contribution is 5.95. The summed E-state index contributed by atoms with van der Waals surface area (Å²) in [5.41, 5.74) is 3.84. The molecule has 0 fully saturated rings. The summed E-state index contributed by atoms with van der Waals surface area (Å²) < 4.78 is 5.94. The van der Waals surface area contributed by atoms with Crippen molar-refractivity contribution in [1.82, 2.24) is 4.90 Å². The molecule has 2 amide bonds. The summed E-state index contributed by atoms with van der Waals surface area (Å²) in [6.45, 7) is 0.700. The fourth-order valence-corrected chi connectivity index (χ4v) is 3.49. The summed E-state index contributed by atoms with van der Waals surface area (Å²) in [6.07, 6.45) is 2.96. The number of hydrogen-bond acceptors (Lipinski definition) is 4. The van der Waals surface area contributed by atoms with Gasteiger partial charge >= 0.3 is 0 Å². The number of hydrogen-bond donors (Lipinski definition) is 2. The number of rotatable bonds is 12. The maximum Gasteiger partial charge on any atom is 0.243 e. The van der Waals surface area contributed by atoms with Crippen molar-refractivity contribution in [1.29, 1.82) is 0 Å². The molecule has 0 unspecified atom stereocenters. The molecule has 0 heterocycles. The molecule has 3 aromatic rings. The number of aryl methyl sites for hydroxylation is 2. The van der Waals surface area contributed by atoms with Crippen LogP contribution in [0.25, 0.3) is 0 Å². The van der Waals surface area contributed by atoms with Crippen LogP contribution in [0.5, 0.6) is 5.75 Å². The zero-order valence-electron chi connectivity index (χ0n) is 19.9. The molecule has 0 aliphatic carbocycles. The summed E-state index contributed by atoms with van der Waals surface area (Å²) in [5.74, 6) is 0.601. The zero-order valence-corrected chi connectivity index (χ0v) is 19.9. The first kappa shape index (κ1) is 24.8. The van der Waals surface area contributed by atoms with E-state index in [0.29, 0.717) is 30.9 Å². The quantitative estimate of drug-likeness (QED) is 0.383. The third-order valence-electron chi connectivity index (χ3n) is 5.38. The van der Waals surface area contributed by atoms with Crippen LogP contribution in [0.1, 0.15) is 24.0 Å². The Kier molecular flexibility index (Phi) is 9.52. The van der Waals surface area contributed by atoms with Crippen LogP contribution in [-0.2, 0) is 22.4 Å². The van der Waals surface area contributed by atoms with Crippen molar-refractivity contribution in [3.05, 3.63) is 90.0 Å². The number of nitrogens with one attached hydrogen (secondary N) is 2.